The van der Waals surface area contributed by atoms with Gasteiger partial charge in [-0.15, -0.1) is 0 Å². The molecule has 2 aromatic rings. The van der Waals surface area contributed by atoms with Crippen LogP contribution in [0.25, 0.3) is 0 Å². The lowest BCUT2D eigenvalue weighted by Crippen LogP contribution is -2.46. The molecule has 0 amide bonds. The van der Waals surface area contributed by atoms with E-state index in [9.17, 15) is 18.5 Å². The highest BCUT2D eigenvalue weighted by molar-refractivity contribution is 7.89. The summed E-state index contributed by atoms with van der Waals surface area (Å²) in [6.07, 6.45) is 3.48. The maximum atomic E-state index is 12.7. The van der Waals surface area contributed by atoms with E-state index >= 15 is 0 Å². The zero-order chi connectivity index (χ0) is 21.0. The van der Waals surface area contributed by atoms with Gasteiger partial charge in [0, 0.05) is 63.4 Å². The average Bonchev–Trinajstić information content (AvgIpc) is 2.74. The predicted octanol–water partition coefficient (Wildman–Crippen LogP) is 2.35. The number of nitro benzene ring substituents is 1. The van der Waals surface area contributed by atoms with Gasteiger partial charge in [0.1, 0.15) is 5.69 Å². The third kappa shape index (κ3) is 4.33. The summed E-state index contributed by atoms with van der Waals surface area (Å²) in [4.78, 5) is 19.3. The first-order chi connectivity index (χ1) is 13.9. The first-order valence-electron chi connectivity index (χ1n) is 9.57. The molecule has 1 saturated heterocycles. The molecule has 0 unspecified atom stereocenters. The highest BCUT2D eigenvalue weighted by Crippen LogP contribution is 2.33. The van der Waals surface area contributed by atoms with E-state index in [1.807, 2.05) is 17.0 Å². The van der Waals surface area contributed by atoms with Crippen molar-refractivity contribution in [2.24, 2.45) is 0 Å². The molecular weight excluding hydrogens is 394 g/mol. The van der Waals surface area contributed by atoms with E-state index in [1.165, 1.54) is 16.4 Å². The van der Waals surface area contributed by atoms with Crippen molar-refractivity contribution < 1.29 is 13.3 Å². The molecule has 10 heteroatoms. The summed E-state index contributed by atoms with van der Waals surface area (Å²) in [6, 6.07) is 8.07. The standard InChI is InChI=1S/C19H25N5O4S/c1-3-23(4-2)29(27,28)17-5-6-18(19(15-17)24(25)26)22-13-11-21(12-14-22)16-7-9-20-10-8-16/h5-10,15H,3-4,11-14H2,1-2H3. The Kier molecular flexibility index (Phi) is 6.33. The summed E-state index contributed by atoms with van der Waals surface area (Å²) in [5, 5.41) is 11.7. The van der Waals surface area contributed by atoms with Crippen LogP contribution in [0.3, 0.4) is 0 Å². The second-order valence-electron chi connectivity index (χ2n) is 6.68. The van der Waals surface area contributed by atoms with Crippen LogP contribution in [-0.2, 0) is 10.0 Å². The Bertz CT molecular complexity index is 956. The highest BCUT2D eigenvalue weighted by atomic mass is 32.2. The van der Waals surface area contributed by atoms with Gasteiger partial charge in [0.2, 0.25) is 10.0 Å². The monoisotopic (exact) mass is 419 g/mol. The number of rotatable bonds is 7. The molecule has 29 heavy (non-hydrogen) atoms. The van der Waals surface area contributed by atoms with E-state index in [-0.39, 0.29) is 10.6 Å². The van der Waals surface area contributed by atoms with Gasteiger partial charge in [-0.3, -0.25) is 15.1 Å². The van der Waals surface area contributed by atoms with Crippen molar-refractivity contribution in [3.63, 3.8) is 0 Å². The number of nitro groups is 1. The van der Waals surface area contributed by atoms with Crippen molar-refractivity contribution in [2.45, 2.75) is 18.7 Å². The minimum Gasteiger partial charge on any atom is -0.368 e. The van der Waals surface area contributed by atoms with Crippen molar-refractivity contribution in [3.05, 3.63) is 52.8 Å². The fourth-order valence-electron chi connectivity index (χ4n) is 3.55. The molecule has 0 aliphatic carbocycles. The number of piperazine rings is 1. The molecule has 9 nitrogen and oxygen atoms in total. The molecule has 0 spiro atoms. The second kappa shape index (κ2) is 8.75. The SMILES string of the molecule is CCN(CC)S(=O)(=O)c1ccc(N2CCN(c3ccncc3)CC2)c([N+](=O)[O-])c1. The smallest absolute Gasteiger partial charge is 0.293 e. The molecule has 1 aliphatic rings. The number of nitrogens with zero attached hydrogens (tertiary/aromatic N) is 5. The van der Waals surface area contributed by atoms with Crippen LogP contribution in [0, 0.1) is 10.1 Å². The van der Waals surface area contributed by atoms with Gasteiger partial charge in [-0.25, -0.2) is 8.42 Å². The van der Waals surface area contributed by atoms with E-state index in [1.54, 1.807) is 32.3 Å². The van der Waals surface area contributed by atoms with Crippen molar-refractivity contribution in [3.8, 4) is 0 Å². The van der Waals surface area contributed by atoms with Gasteiger partial charge >= 0.3 is 0 Å². The molecule has 0 bridgehead atoms. The second-order valence-corrected chi connectivity index (χ2v) is 8.61. The summed E-state index contributed by atoms with van der Waals surface area (Å²) in [7, 11) is -3.75. The molecule has 0 radical (unpaired) electrons. The molecule has 156 valence electrons. The third-order valence-corrected chi connectivity index (χ3v) is 7.18. The molecule has 0 N–H and O–H groups in total. The molecule has 1 aromatic carbocycles. The zero-order valence-electron chi connectivity index (χ0n) is 16.6. The summed E-state index contributed by atoms with van der Waals surface area (Å²) in [5.74, 6) is 0. The topological polar surface area (TPSA) is 99.9 Å². The number of hydrogen-bond donors (Lipinski definition) is 0. The van der Waals surface area contributed by atoms with Crippen LogP contribution < -0.4 is 9.80 Å². The molecule has 1 fully saturated rings. The predicted molar refractivity (Wildman–Crippen MR) is 112 cm³/mol. The highest BCUT2D eigenvalue weighted by Gasteiger charge is 2.28. The van der Waals surface area contributed by atoms with Crippen LogP contribution in [0.2, 0.25) is 0 Å². The number of pyridine rings is 1. The molecule has 1 aliphatic heterocycles. The maximum Gasteiger partial charge on any atom is 0.293 e. The zero-order valence-corrected chi connectivity index (χ0v) is 17.4. The molecule has 2 heterocycles. The van der Waals surface area contributed by atoms with Gasteiger partial charge in [-0.2, -0.15) is 4.31 Å². The Morgan fingerprint density at radius 1 is 1.03 bits per heavy atom. The van der Waals surface area contributed by atoms with Crippen molar-refractivity contribution in [1.29, 1.82) is 0 Å². The van der Waals surface area contributed by atoms with Gasteiger partial charge in [0.05, 0.1) is 9.82 Å². The molecule has 0 saturated carbocycles. The number of benzene rings is 1. The van der Waals surface area contributed by atoms with Crippen LogP contribution in [0.15, 0.2) is 47.6 Å². The Balaban J connectivity index is 1.84. The summed E-state index contributed by atoms with van der Waals surface area (Å²) >= 11 is 0. The molecule has 3 rings (SSSR count). The maximum absolute atomic E-state index is 12.7. The van der Waals surface area contributed by atoms with Crippen molar-refractivity contribution in [1.82, 2.24) is 9.29 Å². The minimum atomic E-state index is -3.75. The Labute approximate surface area is 170 Å². The lowest BCUT2D eigenvalue weighted by molar-refractivity contribution is -0.384. The molecule has 0 atom stereocenters. The van der Waals surface area contributed by atoms with Crippen LogP contribution in [0.1, 0.15) is 13.8 Å². The van der Waals surface area contributed by atoms with Crippen LogP contribution in [0.4, 0.5) is 17.1 Å². The fourth-order valence-corrected chi connectivity index (χ4v) is 5.03. The Morgan fingerprint density at radius 2 is 1.62 bits per heavy atom. The number of sulfonamides is 1. The fraction of sp³-hybridized carbons (Fsp3) is 0.421. The van der Waals surface area contributed by atoms with Gasteiger partial charge < -0.3 is 9.80 Å². The van der Waals surface area contributed by atoms with E-state index in [4.69, 9.17) is 0 Å². The lowest BCUT2D eigenvalue weighted by Gasteiger charge is -2.37. The summed E-state index contributed by atoms with van der Waals surface area (Å²) in [5.41, 5.74) is 1.33. The first-order valence-corrected chi connectivity index (χ1v) is 11.0. The molecule has 1 aromatic heterocycles. The Hall–Kier alpha value is -2.72. The van der Waals surface area contributed by atoms with E-state index in [0.29, 0.717) is 45.0 Å². The Morgan fingerprint density at radius 3 is 2.17 bits per heavy atom. The van der Waals surface area contributed by atoms with Crippen LogP contribution in [0.5, 0.6) is 0 Å². The van der Waals surface area contributed by atoms with E-state index < -0.39 is 14.9 Å². The van der Waals surface area contributed by atoms with E-state index in [2.05, 4.69) is 9.88 Å². The van der Waals surface area contributed by atoms with Crippen LogP contribution >= 0.6 is 0 Å². The van der Waals surface area contributed by atoms with Gasteiger partial charge in [0.15, 0.2) is 0 Å². The summed E-state index contributed by atoms with van der Waals surface area (Å²) in [6.45, 7) is 6.73. The number of hydrogen-bond acceptors (Lipinski definition) is 7. The van der Waals surface area contributed by atoms with Crippen LogP contribution in [-0.4, -0.2) is 61.9 Å². The number of aromatic nitrogens is 1. The lowest BCUT2D eigenvalue weighted by atomic mass is 10.2. The minimum absolute atomic E-state index is 0.0490. The van der Waals surface area contributed by atoms with Gasteiger partial charge in [-0.1, -0.05) is 13.8 Å². The van der Waals surface area contributed by atoms with Gasteiger partial charge in [-0.05, 0) is 24.3 Å². The van der Waals surface area contributed by atoms with Crippen molar-refractivity contribution in [2.75, 3.05) is 49.1 Å². The van der Waals surface area contributed by atoms with Gasteiger partial charge in [0.25, 0.3) is 5.69 Å². The normalized spacial score (nSPS) is 15.0. The quantitative estimate of drug-likeness (QED) is 0.502. The average molecular weight is 420 g/mol. The first kappa shape index (κ1) is 21.0. The largest absolute Gasteiger partial charge is 0.368 e. The summed E-state index contributed by atoms with van der Waals surface area (Å²) < 4.78 is 26.8. The van der Waals surface area contributed by atoms with E-state index in [0.717, 1.165) is 5.69 Å². The third-order valence-electron chi connectivity index (χ3n) is 5.13. The number of anilines is 2. The van der Waals surface area contributed by atoms with Crippen molar-refractivity contribution >= 4 is 27.1 Å². The molecular formula is C19H25N5O4S.